The number of nitrogens with one attached hydrogen (secondary N) is 1. The second-order valence-electron chi connectivity index (χ2n) is 4.81. The maximum Gasteiger partial charge on any atom is 0.344 e. The fourth-order valence-electron chi connectivity index (χ4n) is 2.09. The molecule has 0 spiro atoms. The number of thioether (sulfide) groups is 1. The Balaban J connectivity index is 1.84. The minimum Gasteiger partial charge on any atom is -0.329 e. The van der Waals surface area contributed by atoms with Crippen LogP contribution in [0.25, 0.3) is 0 Å². The molecule has 1 aliphatic rings. The van der Waals surface area contributed by atoms with Gasteiger partial charge in [0.2, 0.25) is 0 Å². The monoisotopic (exact) mass is 354 g/mol. The number of H-pyrrole nitrogens is 1. The summed E-state index contributed by atoms with van der Waals surface area (Å²) in [4.78, 5) is 11.8. The predicted molar refractivity (Wildman–Crippen MR) is 82.9 cm³/mol. The first kappa shape index (κ1) is 13.9. The number of hydrogen-bond donors (Lipinski definition) is 2. The first-order valence-electron chi connectivity index (χ1n) is 6.48. The van der Waals surface area contributed by atoms with E-state index in [0.29, 0.717) is 12.6 Å². The Morgan fingerprint density at radius 1 is 1.45 bits per heavy atom. The van der Waals surface area contributed by atoms with Gasteiger partial charge in [-0.2, -0.15) is 0 Å². The van der Waals surface area contributed by atoms with Crippen molar-refractivity contribution < 1.29 is 0 Å². The van der Waals surface area contributed by atoms with Crippen LogP contribution in [-0.4, -0.2) is 21.3 Å². The van der Waals surface area contributed by atoms with Gasteiger partial charge in [0.1, 0.15) is 0 Å². The Bertz CT molecular complexity index is 647. The predicted octanol–water partition coefficient (Wildman–Crippen LogP) is 2.46. The van der Waals surface area contributed by atoms with Crippen molar-refractivity contribution in [3.05, 3.63) is 44.8 Å². The van der Waals surface area contributed by atoms with Gasteiger partial charge in [-0.3, -0.25) is 4.57 Å². The number of nitrogens with zero attached hydrogens (tertiary/aromatic N) is 2. The molecule has 5 nitrogen and oxygen atoms in total. The Morgan fingerprint density at radius 3 is 2.75 bits per heavy atom. The Morgan fingerprint density at radius 2 is 2.15 bits per heavy atom. The van der Waals surface area contributed by atoms with Crippen LogP contribution in [-0.2, 0) is 0 Å². The lowest BCUT2D eigenvalue weighted by atomic mass is 10.1. The van der Waals surface area contributed by atoms with Crippen LogP contribution in [0.3, 0.4) is 0 Å². The third-order valence-electron chi connectivity index (χ3n) is 3.29. The van der Waals surface area contributed by atoms with E-state index in [0.717, 1.165) is 28.0 Å². The Kier molecular flexibility index (Phi) is 4.00. The molecular weight excluding hydrogens is 340 g/mol. The van der Waals surface area contributed by atoms with Gasteiger partial charge in [-0.15, -0.1) is 5.10 Å². The lowest BCUT2D eigenvalue weighted by Gasteiger charge is -2.14. The van der Waals surface area contributed by atoms with E-state index in [2.05, 4.69) is 26.1 Å². The van der Waals surface area contributed by atoms with Crippen LogP contribution in [0.5, 0.6) is 0 Å². The Hall–Kier alpha value is -1.05. The molecule has 1 aliphatic carbocycles. The summed E-state index contributed by atoms with van der Waals surface area (Å²) in [5, 5.41) is 7.49. The van der Waals surface area contributed by atoms with Gasteiger partial charge in [0.25, 0.3) is 0 Å². The van der Waals surface area contributed by atoms with Crippen LogP contribution in [0, 0.1) is 0 Å². The van der Waals surface area contributed by atoms with Crippen LogP contribution in [0.1, 0.15) is 29.7 Å². The van der Waals surface area contributed by atoms with Gasteiger partial charge in [0.05, 0.1) is 0 Å². The van der Waals surface area contributed by atoms with Crippen LogP contribution >= 0.6 is 27.7 Å². The molecule has 1 fully saturated rings. The van der Waals surface area contributed by atoms with Gasteiger partial charge >= 0.3 is 5.69 Å². The summed E-state index contributed by atoms with van der Waals surface area (Å²) in [7, 11) is 0. The van der Waals surface area contributed by atoms with Crippen LogP contribution in [0.4, 0.5) is 0 Å². The van der Waals surface area contributed by atoms with E-state index in [4.69, 9.17) is 5.73 Å². The highest BCUT2D eigenvalue weighted by atomic mass is 79.9. The largest absolute Gasteiger partial charge is 0.344 e. The zero-order chi connectivity index (χ0) is 14.1. The third kappa shape index (κ3) is 2.84. The quantitative estimate of drug-likeness (QED) is 0.808. The van der Waals surface area contributed by atoms with Crippen LogP contribution in [0.2, 0.25) is 0 Å². The molecule has 1 aromatic carbocycles. The number of aromatic nitrogens is 3. The number of rotatable bonds is 5. The smallest absolute Gasteiger partial charge is 0.329 e. The molecule has 1 unspecified atom stereocenters. The fraction of sp³-hybridized carbons (Fsp3) is 0.385. The normalized spacial score (nSPS) is 16.3. The number of halogens is 1. The molecule has 1 aromatic heterocycles. The average Bonchev–Trinajstić information content (AvgIpc) is 3.22. The second kappa shape index (κ2) is 5.75. The van der Waals surface area contributed by atoms with E-state index < -0.39 is 0 Å². The van der Waals surface area contributed by atoms with E-state index in [1.165, 1.54) is 0 Å². The number of benzene rings is 1. The number of aromatic amines is 1. The maximum absolute atomic E-state index is 11.8. The van der Waals surface area contributed by atoms with Crippen molar-refractivity contribution in [3.63, 3.8) is 0 Å². The van der Waals surface area contributed by atoms with Crippen molar-refractivity contribution in [2.45, 2.75) is 29.3 Å². The zero-order valence-corrected chi connectivity index (χ0v) is 13.2. The minimum atomic E-state index is -0.124. The number of nitrogens with two attached hydrogens (primary N) is 1. The van der Waals surface area contributed by atoms with E-state index in [1.807, 2.05) is 24.3 Å². The molecule has 0 bridgehead atoms. The zero-order valence-electron chi connectivity index (χ0n) is 10.8. The van der Waals surface area contributed by atoms with E-state index >= 15 is 0 Å². The molecule has 1 atom stereocenters. The van der Waals surface area contributed by atoms with Crippen LogP contribution in [0.15, 0.2) is 38.7 Å². The van der Waals surface area contributed by atoms with E-state index in [9.17, 15) is 4.79 Å². The van der Waals surface area contributed by atoms with Gasteiger partial charge in [-0.05, 0) is 30.5 Å². The molecule has 1 heterocycles. The van der Waals surface area contributed by atoms with Crippen molar-refractivity contribution in [1.82, 2.24) is 14.8 Å². The van der Waals surface area contributed by atoms with Crippen molar-refractivity contribution in [3.8, 4) is 0 Å². The first-order valence-corrected chi connectivity index (χ1v) is 8.15. The van der Waals surface area contributed by atoms with Crippen LogP contribution < -0.4 is 11.4 Å². The number of hydrogen-bond acceptors (Lipinski definition) is 4. The van der Waals surface area contributed by atoms with E-state index in [1.54, 1.807) is 16.3 Å². The topological polar surface area (TPSA) is 76.7 Å². The summed E-state index contributed by atoms with van der Waals surface area (Å²) in [6.07, 6.45) is 2.11. The summed E-state index contributed by atoms with van der Waals surface area (Å²) in [5.41, 5.74) is 6.90. The highest BCUT2D eigenvalue weighted by molar-refractivity contribution is 9.10. The molecule has 0 saturated heterocycles. The van der Waals surface area contributed by atoms with Crippen molar-refractivity contribution in [1.29, 1.82) is 0 Å². The lowest BCUT2D eigenvalue weighted by Crippen LogP contribution is -2.17. The molecule has 0 aliphatic heterocycles. The van der Waals surface area contributed by atoms with Crippen molar-refractivity contribution in [2.75, 3.05) is 6.54 Å². The van der Waals surface area contributed by atoms with Gasteiger partial charge in [-0.1, -0.05) is 39.8 Å². The standard InChI is InChI=1S/C13H15BrN4OS/c14-9-3-1-8(2-4-9)11(7-15)20-13-17-16-12(19)18(13)10-5-6-10/h1-4,10-11H,5-7,15H2,(H,16,19). The summed E-state index contributed by atoms with van der Waals surface area (Å²) < 4.78 is 2.79. The fourth-order valence-corrected chi connectivity index (χ4v) is 3.44. The summed E-state index contributed by atoms with van der Waals surface area (Å²) in [6.45, 7) is 0.498. The summed E-state index contributed by atoms with van der Waals surface area (Å²) in [5.74, 6) is 0. The molecular formula is C13H15BrN4OS. The van der Waals surface area contributed by atoms with Gasteiger partial charge in [0, 0.05) is 22.3 Å². The van der Waals surface area contributed by atoms with Gasteiger partial charge in [-0.25, -0.2) is 9.89 Å². The first-order chi connectivity index (χ1) is 9.69. The molecule has 20 heavy (non-hydrogen) atoms. The SMILES string of the molecule is NCC(Sc1n[nH]c(=O)n1C1CC1)c1ccc(Br)cc1. The second-order valence-corrected chi connectivity index (χ2v) is 6.89. The van der Waals surface area contributed by atoms with E-state index in [-0.39, 0.29) is 10.9 Å². The summed E-state index contributed by atoms with van der Waals surface area (Å²) in [6, 6.07) is 8.39. The van der Waals surface area contributed by atoms with Gasteiger partial charge in [0.15, 0.2) is 5.16 Å². The minimum absolute atomic E-state index is 0.0933. The van der Waals surface area contributed by atoms with Crippen molar-refractivity contribution in [2.24, 2.45) is 5.73 Å². The molecule has 0 amide bonds. The van der Waals surface area contributed by atoms with Crippen molar-refractivity contribution >= 4 is 27.7 Å². The molecule has 7 heteroatoms. The molecule has 3 N–H and O–H groups in total. The highest BCUT2D eigenvalue weighted by Gasteiger charge is 2.29. The Labute approximate surface area is 129 Å². The van der Waals surface area contributed by atoms with Gasteiger partial charge < -0.3 is 5.73 Å². The highest BCUT2D eigenvalue weighted by Crippen LogP contribution is 2.39. The summed E-state index contributed by atoms with van der Waals surface area (Å²) >= 11 is 4.97. The third-order valence-corrected chi connectivity index (χ3v) is 5.06. The average molecular weight is 355 g/mol. The molecule has 106 valence electrons. The molecule has 0 radical (unpaired) electrons. The molecule has 1 saturated carbocycles. The lowest BCUT2D eigenvalue weighted by molar-refractivity contribution is 0.641. The molecule has 3 rings (SSSR count). The molecule has 2 aromatic rings. The maximum atomic E-state index is 11.8.